The molecule has 0 aliphatic heterocycles. The van der Waals surface area contributed by atoms with Crippen LogP contribution < -0.4 is 14.8 Å². The van der Waals surface area contributed by atoms with E-state index in [4.69, 9.17) is 14.2 Å². The fraction of sp³-hybridized carbons (Fsp3) is 0.214. The molecule has 3 rings (SSSR count). The minimum absolute atomic E-state index is 0.0208. The molecule has 0 bridgehead atoms. The summed E-state index contributed by atoms with van der Waals surface area (Å²) in [6.07, 6.45) is 0. The van der Waals surface area contributed by atoms with Crippen LogP contribution in [-0.4, -0.2) is 41.9 Å². The van der Waals surface area contributed by atoms with Crippen molar-refractivity contribution < 1.29 is 42.2 Å². The number of benzene rings is 3. The van der Waals surface area contributed by atoms with Gasteiger partial charge in [-0.1, -0.05) is 18.2 Å². The van der Waals surface area contributed by atoms with E-state index < -0.39 is 34.9 Å². The lowest BCUT2D eigenvalue weighted by atomic mass is 10.0. The predicted molar refractivity (Wildman–Crippen MR) is 141 cm³/mol. The Morgan fingerprint density at radius 3 is 2.28 bits per heavy atom. The van der Waals surface area contributed by atoms with Crippen molar-refractivity contribution in [3.05, 3.63) is 83.4 Å². The summed E-state index contributed by atoms with van der Waals surface area (Å²) in [7, 11) is 1.52. The molecule has 1 N–H and O–H groups in total. The maximum Gasteiger partial charge on any atom is 0.372 e. The molecular formula is C28H25F2NO7S. The average molecular weight is 558 g/mol. The number of ether oxygens (including phenoxy) is 3. The van der Waals surface area contributed by atoms with Gasteiger partial charge in [0, 0.05) is 24.3 Å². The van der Waals surface area contributed by atoms with Crippen LogP contribution in [0, 0.1) is 11.6 Å². The van der Waals surface area contributed by atoms with E-state index in [2.05, 4.69) is 5.32 Å². The number of methoxy groups -OCH3 is 1. The van der Waals surface area contributed by atoms with Crippen LogP contribution in [0.3, 0.4) is 0 Å². The number of thioether (sulfide) groups is 1. The van der Waals surface area contributed by atoms with Gasteiger partial charge in [-0.25, -0.2) is 18.4 Å². The fourth-order valence-corrected chi connectivity index (χ4v) is 4.16. The first kappa shape index (κ1) is 29.3. The lowest BCUT2D eigenvalue weighted by Gasteiger charge is -2.15. The predicted octanol–water partition coefficient (Wildman–Crippen LogP) is 5.32. The monoisotopic (exact) mass is 557 g/mol. The molecule has 1 atom stereocenters. The van der Waals surface area contributed by atoms with Gasteiger partial charge in [0.15, 0.2) is 5.78 Å². The molecule has 0 fully saturated rings. The van der Waals surface area contributed by atoms with Crippen molar-refractivity contribution in [1.29, 1.82) is 0 Å². The zero-order chi connectivity index (χ0) is 28.5. The maximum absolute atomic E-state index is 14.4. The van der Waals surface area contributed by atoms with E-state index in [0.29, 0.717) is 29.1 Å². The Morgan fingerprint density at radius 1 is 0.949 bits per heavy atom. The Hall–Kier alpha value is -4.25. The smallest absolute Gasteiger partial charge is 0.372 e. The molecule has 1 amide bonds. The minimum Gasteiger partial charge on any atom is -0.497 e. The third-order valence-corrected chi connectivity index (χ3v) is 6.22. The summed E-state index contributed by atoms with van der Waals surface area (Å²) in [5, 5.41) is 1.59. The number of esters is 1. The van der Waals surface area contributed by atoms with E-state index in [0.717, 1.165) is 6.07 Å². The van der Waals surface area contributed by atoms with E-state index in [1.807, 2.05) is 0 Å². The summed E-state index contributed by atoms with van der Waals surface area (Å²) in [6, 6.07) is 12.9. The Kier molecular flexibility index (Phi) is 10.2. The van der Waals surface area contributed by atoms with Crippen molar-refractivity contribution in [2.45, 2.75) is 26.5 Å². The number of ketones is 1. The van der Waals surface area contributed by atoms with Crippen LogP contribution >= 0.6 is 11.8 Å². The van der Waals surface area contributed by atoms with E-state index in [-0.39, 0.29) is 40.6 Å². The summed E-state index contributed by atoms with van der Waals surface area (Å²) in [6.45, 7) is 2.40. The van der Waals surface area contributed by atoms with Crippen molar-refractivity contribution >= 4 is 34.7 Å². The van der Waals surface area contributed by atoms with Crippen LogP contribution in [0.1, 0.15) is 29.8 Å². The van der Waals surface area contributed by atoms with Crippen LogP contribution in [0.15, 0.2) is 60.7 Å². The molecule has 39 heavy (non-hydrogen) atoms. The second-order valence-electron chi connectivity index (χ2n) is 8.29. The number of carbonyl (C=O) groups excluding carboxylic acids is 4. The molecule has 0 heterocycles. The Balaban J connectivity index is 1.84. The fourth-order valence-electron chi connectivity index (χ4n) is 3.39. The van der Waals surface area contributed by atoms with Crippen molar-refractivity contribution in [3.8, 4) is 22.6 Å². The average Bonchev–Trinajstić information content (AvgIpc) is 2.90. The topological polar surface area (TPSA) is 108 Å². The van der Waals surface area contributed by atoms with Gasteiger partial charge in [0.1, 0.15) is 35.3 Å². The highest BCUT2D eigenvalue weighted by atomic mass is 32.2. The molecule has 0 saturated heterocycles. The number of rotatable bonds is 10. The van der Waals surface area contributed by atoms with Crippen LogP contribution in [0.25, 0.3) is 11.1 Å². The third kappa shape index (κ3) is 8.37. The number of nitrogens with one attached hydrogen (secondary N) is 1. The summed E-state index contributed by atoms with van der Waals surface area (Å²) >= 11 is 0.626. The van der Waals surface area contributed by atoms with Crippen LogP contribution in [0.5, 0.6) is 11.5 Å². The van der Waals surface area contributed by atoms with E-state index in [9.17, 15) is 28.0 Å². The third-order valence-electron chi connectivity index (χ3n) is 5.40. The van der Waals surface area contributed by atoms with Gasteiger partial charge in [0.25, 0.3) is 0 Å². The summed E-state index contributed by atoms with van der Waals surface area (Å²) in [4.78, 5) is 48.6. The van der Waals surface area contributed by atoms with Gasteiger partial charge in [-0.05, 0) is 66.2 Å². The summed E-state index contributed by atoms with van der Waals surface area (Å²) in [5.74, 6) is -2.89. The molecule has 204 valence electrons. The molecule has 0 aliphatic carbocycles. The lowest BCUT2D eigenvalue weighted by Crippen LogP contribution is -2.40. The van der Waals surface area contributed by atoms with Crippen molar-refractivity contribution in [2.75, 3.05) is 12.9 Å². The second-order valence-corrected chi connectivity index (χ2v) is 9.24. The van der Waals surface area contributed by atoms with Gasteiger partial charge in [0.2, 0.25) is 5.91 Å². The minimum atomic E-state index is -0.905. The van der Waals surface area contributed by atoms with Gasteiger partial charge in [-0.15, -0.1) is 0 Å². The van der Waals surface area contributed by atoms with E-state index in [1.165, 1.54) is 45.2 Å². The summed E-state index contributed by atoms with van der Waals surface area (Å²) in [5.41, 5.74) is 0.724. The van der Waals surface area contributed by atoms with E-state index >= 15 is 0 Å². The Morgan fingerprint density at radius 2 is 1.67 bits per heavy atom. The van der Waals surface area contributed by atoms with Crippen molar-refractivity contribution in [3.63, 3.8) is 0 Å². The van der Waals surface area contributed by atoms with Gasteiger partial charge in [-0.3, -0.25) is 9.59 Å². The number of amides is 1. The largest absolute Gasteiger partial charge is 0.497 e. The van der Waals surface area contributed by atoms with Gasteiger partial charge < -0.3 is 19.5 Å². The number of hydrogen-bond donors (Lipinski definition) is 1. The number of hydrogen-bond acceptors (Lipinski definition) is 8. The molecule has 11 heteroatoms. The first-order chi connectivity index (χ1) is 18.6. The second kappa shape index (κ2) is 13.5. The lowest BCUT2D eigenvalue weighted by molar-refractivity contribution is -0.125. The van der Waals surface area contributed by atoms with Gasteiger partial charge in [-0.2, -0.15) is 0 Å². The first-order valence-electron chi connectivity index (χ1n) is 11.6. The molecule has 0 aliphatic rings. The summed E-state index contributed by atoms with van der Waals surface area (Å²) < 4.78 is 43.7. The molecule has 8 nitrogen and oxygen atoms in total. The van der Waals surface area contributed by atoms with Crippen molar-refractivity contribution in [1.82, 2.24) is 5.32 Å². The molecule has 1 unspecified atom stereocenters. The SMILES string of the molecule is COc1ccc(COC(=O)c2cc(-c3ccc(F)cc3F)ccc2OC(=O)SCC(NC(C)=O)C(C)=O)cc1. The van der Waals surface area contributed by atoms with Crippen LogP contribution in [0.4, 0.5) is 13.6 Å². The first-order valence-corrected chi connectivity index (χ1v) is 12.6. The zero-order valence-electron chi connectivity index (χ0n) is 21.3. The Bertz CT molecular complexity index is 1380. The highest BCUT2D eigenvalue weighted by molar-refractivity contribution is 8.13. The molecular weight excluding hydrogens is 532 g/mol. The maximum atomic E-state index is 14.4. The highest BCUT2D eigenvalue weighted by Gasteiger charge is 2.22. The number of halogens is 2. The standard InChI is InChI=1S/C28H25F2NO7S/c1-16(32)25(31-17(2)33)15-39-28(35)38-26-11-6-19(22-10-7-20(29)13-24(22)30)12-23(26)27(34)37-14-18-4-8-21(36-3)9-5-18/h4-13,25H,14-15H2,1-3H3,(H,31,33). The number of Topliss-reactive ketones (excluding diaryl/α,β-unsaturated/α-hetero) is 1. The normalized spacial score (nSPS) is 11.3. The van der Waals surface area contributed by atoms with Crippen molar-refractivity contribution in [2.24, 2.45) is 0 Å². The molecule has 3 aromatic carbocycles. The molecule has 0 radical (unpaired) electrons. The molecule has 3 aromatic rings. The van der Waals surface area contributed by atoms with Crippen LogP contribution in [-0.2, 0) is 20.9 Å². The Labute approximate surface area is 227 Å². The van der Waals surface area contributed by atoms with Crippen LogP contribution in [0.2, 0.25) is 0 Å². The van der Waals surface area contributed by atoms with Gasteiger partial charge >= 0.3 is 11.3 Å². The highest BCUT2D eigenvalue weighted by Crippen LogP contribution is 2.31. The zero-order valence-corrected chi connectivity index (χ0v) is 22.1. The van der Waals surface area contributed by atoms with Gasteiger partial charge in [0.05, 0.1) is 13.2 Å². The quantitative estimate of drug-likeness (QED) is 0.334. The molecule has 0 saturated carbocycles. The molecule has 0 aromatic heterocycles. The van der Waals surface area contributed by atoms with E-state index in [1.54, 1.807) is 24.3 Å². The molecule has 0 spiro atoms. The number of carbonyl (C=O) groups is 4.